The summed E-state index contributed by atoms with van der Waals surface area (Å²) >= 11 is 0. The molecular weight excluding hydrogens is 264 g/mol. The van der Waals surface area contributed by atoms with Crippen molar-refractivity contribution < 1.29 is 9.53 Å². The van der Waals surface area contributed by atoms with E-state index in [-0.39, 0.29) is 18.1 Å². The molecule has 0 spiro atoms. The summed E-state index contributed by atoms with van der Waals surface area (Å²) in [5.74, 6) is 5.77. The highest BCUT2D eigenvalue weighted by Crippen LogP contribution is 2.22. The van der Waals surface area contributed by atoms with Crippen LogP contribution in [-0.2, 0) is 4.74 Å². The van der Waals surface area contributed by atoms with Gasteiger partial charge in [-0.1, -0.05) is 17.9 Å². The summed E-state index contributed by atoms with van der Waals surface area (Å²) in [6, 6.07) is 5.68. The lowest BCUT2D eigenvalue weighted by atomic mass is 10.0. The number of hydrogen-bond acceptors (Lipinski definition) is 3. The van der Waals surface area contributed by atoms with E-state index in [1.807, 2.05) is 25.1 Å². The number of ether oxygens (including phenoxy) is 1. The van der Waals surface area contributed by atoms with Crippen LogP contribution in [0.2, 0.25) is 0 Å². The largest absolute Gasteiger partial charge is 0.379 e. The molecule has 0 aromatic heterocycles. The molecule has 1 aliphatic rings. The first-order valence-corrected chi connectivity index (χ1v) is 7.29. The minimum atomic E-state index is -0.0575. The fraction of sp³-hybridized carbons (Fsp3) is 0.471. The van der Waals surface area contributed by atoms with Gasteiger partial charge in [0.05, 0.1) is 18.7 Å². The van der Waals surface area contributed by atoms with Gasteiger partial charge in [0.15, 0.2) is 0 Å². The van der Waals surface area contributed by atoms with Crippen molar-refractivity contribution >= 4 is 5.91 Å². The zero-order valence-electron chi connectivity index (χ0n) is 12.6. The summed E-state index contributed by atoms with van der Waals surface area (Å²) in [6.45, 7) is 2.23. The molecule has 1 fully saturated rings. The fourth-order valence-corrected chi connectivity index (χ4v) is 2.78. The van der Waals surface area contributed by atoms with Crippen molar-refractivity contribution in [3.8, 4) is 11.8 Å². The predicted octanol–water partition coefficient (Wildman–Crippen LogP) is 1.60. The van der Waals surface area contributed by atoms with E-state index in [1.165, 1.54) is 0 Å². The molecule has 1 saturated carbocycles. The molecule has 4 heteroatoms. The summed E-state index contributed by atoms with van der Waals surface area (Å²) in [7, 11) is 1.70. The quantitative estimate of drug-likeness (QED) is 0.830. The highest BCUT2D eigenvalue weighted by atomic mass is 16.5. The summed E-state index contributed by atoms with van der Waals surface area (Å²) in [5, 5.41) is 3.08. The Morgan fingerprint density at radius 1 is 1.48 bits per heavy atom. The summed E-state index contributed by atoms with van der Waals surface area (Å²) in [6.07, 6.45) is 3.18. The number of nitrogens with two attached hydrogens (primary N) is 1. The molecule has 2 atom stereocenters. The Morgan fingerprint density at radius 3 is 3.00 bits per heavy atom. The zero-order valence-corrected chi connectivity index (χ0v) is 12.6. The van der Waals surface area contributed by atoms with E-state index < -0.39 is 0 Å². The second-order valence-electron chi connectivity index (χ2n) is 5.27. The van der Waals surface area contributed by atoms with E-state index in [0.717, 1.165) is 30.4 Å². The lowest BCUT2D eigenvalue weighted by Gasteiger charge is -2.20. The van der Waals surface area contributed by atoms with Gasteiger partial charge in [-0.25, -0.2) is 0 Å². The van der Waals surface area contributed by atoms with Gasteiger partial charge < -0.3 is 15.8 Å². The van der Waals surface area contributed by atoms with Crippen molar-refractivity contribution in [3.63, 3.8) is 0 Å². The number of carbonyl (C=O) groups is 1. The molecule has 0 saturated heterocycles. The van der Waals surface area contributed by atoms with Crippen molar-refractivity contribution in [1.82, 2.24) is 5.32 Å². The molecule has 3 N–H and O–H groups in total. The van der Waals surface area contributed by atoms with Crippen molar-refractivity contribution in [2.24, 2.45) is 5.73 Å². The SMILES string of the molecule is COC1CCCC1NC(=O)c1cccc(C#CCN)c1C. The van der Waals surface area contributed by atoms with E-state index in [1.54, 1.807) is 7.11 Å². The molecule has 1 aliphatic carbocycles. The van der Waals surface area contributed by atoms with E-state index in [9.17, 15) is 4.79 Å². The number of nitrogens with one attached hydrogen (secondary N) is 1. The third-order valence-corrected chi connectivity index (χ3v) is 3.98. The first-order chi connectivity index (χ1) is 10.2. The molecule has 4 nitrogen and oxygen atoms in total. The predicted molar refractivity (Wildman–Crippen MR) is 83.0 cm³/mol. The molecule has 2 unspecified atom stereocenters. The van der Waals surface area contributed by atoms with Crippen LogP contribution in [0.1, 0.15) is 40.7 Å². The molecular formula is C17H22N2O2. The molecule has 1 aromatic carbocycles. The minimum absolute atomic E-state index is 0.0575. The normalized spacial score (nSPS) is 20.7. The average molecular weight is 286 g/mol. The Morgan fingerprint density at radius 2 is 2.29 bits per heavy atom. The lowest BCUT2D eigenvalue weighted by molar-refractivity contribution is 0.0722. The molecule has 112 valence electrons. The number of amides is 1. The maximum absolute atomic E-state index is 12.5. The number of carbonyl (C=O) groups excluding carboxylic acids is 1. The highest BCUT2D eigenvalue weighted by Gasteiger charge is 2.28. The first kappa shape index (κ1) is 15.6. The molecule has 0 radical (unpaired) electrons. The third kappa shape index (κ3) is 3.63. The molecule has 0 heterocycles. The van der Waals surface area contributed by atoms with Crippen molar-refractivity contribution in [3.05, 3.63) is 34.9 Å². The number of hydrogen-bond donors (Lipinski definition) is 2. The Labute approximate surface area is 126 Å². The van der Waals surface area contributed by atoms with Crippen LogP contribution in [-0.4, -0.2) is 31.7 Å². The Hall–Kier alpha value is -1.83. The van der Waals surface area contributed by atoms with Crippen molar-refractivity contribution in [1.29, 1.82) is 0 Å². The van der Waals surface area contributed by atoms with Gasteiger partial charge in [0, 0.05) is 18.2 Å². The second kappa shape index (κ2) is 7.26. The topological polar surface area (TPSA) is 64.3 Å². The van der Waals surface area contributed by atoms with Gasteiger partial charge in [-0.2, -0.15) is 0 Å². The van der Waals surface area contributed by atoms with Crippen LogP contribution < -0.4 is 11.1 Å². The monoisotopic (exact) mass is 286 g/mol. The van der Waals surface area contributed by atoms with Crippen molar-refractivity contribution in [2.75, 3.05) is 13.7 Å². The van der Waals surface area contributed by atoms with Gasteiger partial charge >= 0.3 is 0 Å². The van der Waals surface area contributed by atoms with E-state index >= 15 is 0 Å². The molecule has 2 rings (SSSR count). The molecule has 0 aliphatic heterocycles. The van der Waals surface area contributed by atoms with Gasteiger partial charge in [0.2, 0.25) is 0 Å². The van der Waals surface area contributed by atoms with E-state index in [0.29, 0.717) is 12.1 Å². The van der Waals surface area contributed by atoms with Gasteiger partial charge in [0.25, 0.3) is 5.91 Å². The van der Waals surface area contributed by atoms with Crippen LogP contribution in [0.15, 0.2) is 18.2 Å². The average Bonchev–Trinajstić information content (AvgIpc) is 2.93. The van der Waals surface area contributed by atoms with Gasteiger partial charge in [-0.3, -0.25) is 4.79 Å². The standard InChI is InChI=1S/C17H22N2O2/c1-12-13(7-5-11-18)6-3-8-14(12)17(20)19-15-9-4-10-16(15)21-2/h3,6,8,15-16H,4,9-11,18H2,1-2H3,(H,19,20). The van der Waals surface area contributed by atoms with E-state index in [2.05, 4.69) is 17.2 Å². The molecule has 1 amide bonds. The van der Waals surface area contributed by atoms with Crippen LogP contribution in [0.4, 0.5) is 0 Å². The number of methoxy groups -OCH3 is 1. The summed E-state index contributed by atoms with van der Waals surface area (Å²) in [4.78, 5) is 12.5. The highest BCUT2D eigenvalue weighted by molar-refractivity contribution is 5.96. The molecule has 0 bridgehead atoms. The second-order valence-corrected chi connectivity index (χ2v) is 5.27. The van der Waals surface area contributed by atoms with Crippen LogP contribution in [0.5, 0.6) is 0 Å². The van der Waals surface area contributed by atoms with Crippen LogP contribution >= 0.6 is 0 Å². The Balaban J connectivity index is 2.16. The number of rotatable bonds is 3. The Kier molecular flexibility index (Phi) is 5.38. The molecule has 1 aromatic rings. The third-order valence-electron chi connectivity index (χ3n) is 3.98. The van der Waals surface area contributed by atoms with Gasteiger partial charge in [-0.05, 0) is 43.9 Å². The van der Waals surface area contributed by atoms with Crippen LogP contribution in [0.25, 0.3) is 0 Å². The lowest BCUT2D eigenvalue weighted by Crippen LogP contribution is -2.41. The van der Waals surface area contributed by atoms with E-state index in [4.69, 9.17) is 10.5 Å². The van der Waals surface area contributed by atoms with Gasteiger partial charge in [-0.15, -0.1) is 0 Å². The van der Waals surface area contributed by atoms with Crippen molar-refractivity contribution in [2.45, 2.75) is 38.3 Å². The summed E-state index contributed by atoms with van der Waals surface area (Å²) in [5.41, 5.74) is 7.81. The smallest absolute Gasteiger partial charge is 0.251 e. The summed E-state index contributed by atoms with van der Waals surface area (Å²) < 4.78 is 5.42. The van der Waals surface area contributed by atoms with Gasteiger partial charge in [0.1, 0.15) is 0 Å². The zero-order chi connectivity index (χ0) is 15.2. The minimum Gasteiger partial charge on any atom is -0.379 e. The fourth-order valence-electron chi connectivity index (χ4n) is 2.78. The number of benzene rings is 1. The van der Waals surface area contributed by atoms with Crippen LogP contribution in [0, 0.1) is 18.8 Å². The molecule has 21 heavy (non-hydrogen) atoms. The Bertz CT molecular complexity index is 572. The maximum Gasteiger partial charge on any atom is 0.251 e. The van der Waals surface area contributed by atoms with Crippen LogP contribution in [0.3, 0.4) is 0 Å². The first-order valence-electron chi connectivity index (χ1n) is 7.29. The maximum atomic E-state index is 12.5.